The van der Waals surface area contributed by atoms with Crippen molar-refractivity contribution in [2.75, 3.05) is 0 Å². The molecule has 2 aromatic carbocycles. The largest absolute Gasteiger partial charge is 0.493 e. The molecule has 3 nitrogen and oxygen atoms in total. The minimum absolute atomic E-state index is 0.229. The van der Waals surface area contributed by atoms with Gasteiger partial charge in [0.2, 0.25) is 5.88 Å². The minimum Gasteiger partial charge on any atom is -0.493 e. The summed E-state index contributed by atoms with van der Waals surface area (Å²) < 4.78 is 1.64. The highest BCUT2D eigenvalue weighted by atomic mass is 16.3. The maximum atomic E-state index is 10.7. The van der Waals surface area contributed by atoms with Gasteiger partial charge in [0.1, 0.15) is 0 Å². The van der Waals surface area contributed by atoms with E-state index in [-0.39, 0.29) is 5.88 Å². The van der Waals surface area contributed by atoms with E-state index in [1.807, 2.05) is 25.1 Å². The third-order valence-corrected chi connectivity index (χ3v) is 4.34. The van der Waals surface area contributed by atoms with Crippen LogP contribution in [0.2, 0.25) is 0 Å². The van der Waals surface area contributed by atoms with Crippen LogP contribution in [0.25, 0.3) is 16.9 Å². The summed E-state index contributed by atoms with van der Waals surface area (Å²) in [5, 5.41) is 15.4. The van der Waals surface area contributed by atoms with Gasteiger partial charge >= 0.3 is 0 Å². The Morgan fingerprint density at radius 2 is 1.78 bits per heavy atom. The van der Waals surface area contributed by atoms with Crippen LogP contribution < -0.4 is 0 Å². The predicted octanol–water partition coefficient (Wildman–Crippen LogP) is 4.73. The maximum absolute atomic E-state index is 10.7. The summed E-state index contributed by atoms with van der Waals surface area (Å²) in [6.45, 7) is 8.26. The third kappa shape index (κ3) is 2.74. The molecule has 3 heteroatoms. The lowest BCUT2D eigenvalue weighted by Gasteiger charge is -2.06. The number of nitrogens with zero attached hydrogens (tertiary/aromatic N) is 2. The molecule has 118 valence electrons. The minimum atomic E-state index is 0.229. The van der Waals surface area contributed by atoms with Crippen LogP contribution in [0.1, 0.15) is 29.2 Å². The molecule has 0 aliphatic rings. The highest BCUT2D eigenvalue weighted by molar-refractivity contribution is 5.67. The van der Waals surface area contributed by atoms with Crippen molar-refractivity contribution in [1.29, 1.82) is 0 Å². The van der Waals surface area contributed by atoms with Gasteiger partial charge in [-0.2, -0.15) is 5.10 Å². The topological polar surface area (TPSA) is 38.0 Å². The van der Waals surface area contributed by atoms with E-state index in [0.717, 1.165) is 28.9 Å². The average Bonchev–Trinajstić information content (AvgIpc) is 2.87. The van der Waals surface area contributed by atoms with Crippen LogP contribution in [0.15, 0.2) is 42.5 Å². The van der Waals surface area contributed by atoms with Gasteiger partial charge in [-0.3, -0.25) is 0 Å². The number of rotatable bonds is 3. The molecular weight excluding hydrogens is 284 g/mol. The Hall–Kier alpha value is -2.55. The van der Waals surface area contributed by atoms with E-state index < -0.39 is 0 Å². The van der Waals surface area contributed by atoms with Crippen molar-refractivity contribution in [3.63, 3.8) is 0 Å². The number of hydrogen-bond acceptors (Lipinski definition) is 2. The van der Waals surface area contributed by atoms with Gasteiger partial charge in [-0.05, 0) is 56.5 Å². The summed E-state index contributed by atoms with van der Waals surface area (Å²) in [6.07, 6.45) is 0.736. The molecule has 3 rings (SSSR count). The molecule has 1 aromatic heterocycles. The Balaban J connectivity index is 2.18. The van der Waals surface area contributed by atoms with Gasteiger partial charge in [-0.25, -0.2) is 4.68 Å². The van der Waals surface area contributed by atoms with Gasteiger partial charge in [0.15, 0.2) is 0 Å². The van der Waals surface area contributed by atoms with Crippen molar-refractivity contribution < 1.29 is 5.11 Å². The predicted molar refractivity (Wildman–Crippen MR) is 94.3 cm³/mol. The standard InChI is InChI=1S/C20H22N2O/c1-5-18-19(16-8-6-7-13(2)11-16)21-22(20(18)23)17-10-9-14(3)15(4)12-17/h6-12,23H,5H2,1-4H3. The van der Waals surface area contributed by atoms with Crippen LogP contribution in [0.5, 0.6) is 5.88 Å². The molecule has 0 fully saturated rings. The molecule has 0 saturated heterocycles. The molecule has 0 atom stereocenters. The van der Waals surface area contributed by atoms with E-state index in [0.29, 0.717) is 0 Å². The highest BCUT2D eigenvalue weighted by Gasteiger charge is 2.18. The van der Waals surface area contributed by atoms with E-state index in [2.05, 4.69) is 45.0 Å². The Bertz CT molecular complexity index is 862. The highest BCUT2D eigenvalue weighted by Crippen LogP contribution is 2.32. The molecule has 0 radical (unpaired) electrons. The molecule has 1 N–H and O–H groups in total. The van der Waals surface area contributed by atoms with Crippen LogP contribution in [0, 0.1) is 20.8 Å². The first-order valence-electron chi connectivity index (χ1n) is 7.96. The van der Waals surface area contributed by atoms with E-state index in [4.69, 9.17) is 5.10 Å². The second-order valence-corrected chi connectivity index (χ2v) is 6.05. The van der Waals surface area contributed by atoms with Crippen molar-refractivity contribution in [2.45, 2.75) is 34.1 Å². The molecule has 0 unspecified atom stereocenters. The molecule has 3 aromatic rings. The smallest absolute Gasteiger partial charge is 0.218 e. The van der Waals surface area contributed by atoms with Crippen LogP contribution in [0.4, 0.5) is 0 Å². The summed E-state index contributed by atoms with van der Waals surface area (Å²) in [4.78, 5) is 0. The molecule has 0 aliphatic carbocycles. The van der Waals surface area contributed by atoms with Crippen molar-refractivity contribution >= 4 is 0 Å². The van der Waals surface area contributed by atoms with E-state index in [1.54, 1.807) is 4.68 Å². The average molecular weight is 306 g/mol. The Labute approximate surface area is 137 Å². The quantitative estimate of drug-likeness (QED) is 0.759. The van der Waals surface area contributed by atoms with Crippen LogP contribution in [0.3, 0.4) is 0 Å². The molecule has 0 aliphatic heterocycles. The van der Waals surface area contributed by atoms with Crippen LogP contribution in [-0.2, 0) is 6.42 Å². The first-order valence-corrected chi connectivity index (χ1v) is 7.96. The lowest BCUT2D eigenvalue weighted by molar-refractivity contribution is 0.428. The van der Waals surface area contributed by atoms with E-state index in [1.165, 1.54) is 16.7 Å². The molecule has 1 heterocycles. The monoisotopic (exact) mass is 306 g/mol. The Morgan fingerprint density at radius 1 is 1.00 bits per heavy atom. The summed E-state index contributed by atoms with van der Waals surface area (Å²) in [5.74, 6) is 0.229. The second kappa shape index (κ2) is 5.92. The molecule has 0 saturated carbocycles. The fraction of sp³-hybridized carbons (Fsp3) is 0.250. The third-order valence-electron chi connectivity index (χ3n) is 4.34. The van der Waals surface area contributed by atoms with Gasteiger partial charge in [-0.1, -0.05) is 36.8 Å². The first-order chi connectivity index (χ1) is 11.0. The number of benzene rings is 2. The second-order valence-electron chi connectivity index (χ2n) is 6.05. The van der Waals surface area contributed by atoms with Crippen molar-refractivity contribution in [1.82, 2.24) is 9.78 Å². The summed E-state index contributed by atoms with van der Waals surface area (Å²) in [6, 6.07) is 14.3. The number of aryl methyl sites for hydroxylation is 3. The summed E-state index contributed by atoms with van der Waals surface area (Å²) in [5.41, 5.74) is 7.27. The van der Waals surface area contributed by atoms with Gasteiger partial charge < -0.3 is 5.11 Å². The number of hydrogen-bond donors (Lipinski definition) is 1. The Kier molecular flexibility index (Phi) is 3.95. The normalized spacial score (nSPS) is 11.0. The fourth-order valence-electron chi connectivity index (χ4n) is 2.83. The zero-order valence-electron chi connectivity index (χ0n) is 14.1. The van der Waals surface area contributed by atoms with Crippen molar-refractivity contribution in [3.8, 4) is 22.8 Å². The van der Waals surface area contributed by atoms with Gasteiger partial charge in [0.05, 0.1) is 11.4 Å². The molecule has 23 heavy (non-hydrogen) atoms. The molecule has 0 spiro atoms. The lowest BCUT2D eigenvalue weighted by atomic mass is 10.0. The fourth-order valence-corrected chi connectivity index (χ4v) is 2.83. The zero-order valence-corrected chi connectivity index (χ0v) is 14.1. The van der Waals surface area contributed by atoms with Gasteiger partial charge in [0.25, 0.3) is 0 Å². The van der Waals surface area contributed by atoms with Crippen LogP contribution in [-0.4, -0.2) is 14.9 Å². The molecule has 0 bridgehead atoms. The number of aromatic nitrogens is 2. The van der Waals surface area contributed by atoms with Crippen molar-refractivity contribution in [2.24, 2.45) is 0 Å². The maximum Gasteiger partial charge on any atom is 0.218 e. The Morgan fingerprint density at radius 3 is 2.43 bits per heavy atom. The summed E-state index contributed by atoms with van der Waals surface area (Å²) >= 11 is 0. The molecular formula is C20H22N2O. The number of aromatic hydroxyl groups is 1. The SMILES string of the molecule is CCc1c(-c2cccc(C)c2)nn(-c2ccc(C)c(C)c2)c1O. The van der Waals surface area contributed by atoms with Crippen LogP contribution >= 0.6 is 0 Å². The van der Waals surface area contributed by atoms with Gasteiger partial charge in [-0.15, -0.1) is 0 Å². The summed E-state index contributed by atoms with van der Waals surface area (Å²) in [7, 11) is 0. The van der Waals surface area contributed by atoms with E-state index >= 15 is 0 Å². The van der Waals surface area contributed by atoms with Crippen molar-refractivity contribution in [3.05, 3.63) is 64.7 Å². The first kappa shape index (κ1) is 15.3. The lowest BCUT2D eigenvalue weighted by Crippen LogP contribution is -1.97. The zero-order chi connectivity index (χ0) is 16.6. The van der Waals surface area contributed by atoms with E-state index in [9.17, 15) is 5.11 Å². The van der Waals surface area contributed by atoms with Gasteiger partial charge in [0, 0.05) is 11.1 Å². The molecule has 0 amide bonds.